The summed E-state index contributed by atoms with van der Waals surface area (Å²) in [6.07, 6.45) is 0. The number of thiazole rings is 1. The highest BCUT2D eigenvalue weighted by atomic mass is 32.1. The molecule has 3 nitrogen and oxygen atoms in total. The van der Waals surface area contributed by atoms with Crippen LogP contribution >= 0.6 is 11.3 Å². The second kappa shape index (κ2) is 6.07. The Morgan fingerprint density at radius 2 is 1.91 bits per heavy atom. The fourth-order valence-electron chi connectivity index (χ4n) is 2.11. The van der Waals surface area contributed by atoms with E-state index < -0.39 is 5.82 Å². The number of nitrogens with zero attached hydrogens (tertiary/aromatic N) is 1. The van der Waals surface area contributed by atoms with E-state index in [4.69, 9.17) is 0 Å². The van der Waals surface area contributed by atoms with Gasteiger partial charge in [-0.05, 0) is 25.1 Å². The fourth-order valence-corrected chi connectivity index (χ4v) is 2.94. The van der Waals surface area contributed by atoms with E-state index in [1.807, 2.05) is 37.3 Å². The Labute approximate surface area is 131 Å². The minimum atomic E-state index is -0.437. The molecule has 0 fully saturated rings. The van der Waals surface area contributed by atoms with Gasteiger partial charge < -0.3 is 0 Å². The number of aromatic nitrogens is 1. The van der Waals surface area contributed by atoms with Crippen molar-refractivity contribution in [3.63, 3.8) is 0 Å². The van der Waals surface area contributed by atoms with Gasteiger partial charge in [-0.2, -0.15) is 0 Å². The van der Waals surface area contributed by atoms with Crippen LogP contribution in [0.3, 0.4) is 0 Å². The van der Waals surface area contributed by atoms with E-state index in [1.165, 1.54) is 29.5 Å². The smallest absolute Gasteiger partial charge is 0.257 e. The van der Waals surface area contributed by atoms with E-state index in [9.17, 15) is 9.18 Å². The van der Waals surface area contributed by atoms with E-state index in [-0.39, 0.29) is 11.5 Å². The highest BCUT2D eigenvalue weighted by molar-refractivity contribution is 7.16. The molecule has 1 amide bonds. The number of carbonyl (C=O) groups is 1. The zero-order valence-corrected chi connectivity index (χ0v) is 12.7. The second-order valence-electron chi connectivity index (χ2n) is 4.75. The van der Waals surface area contributed by atoms with Gasteiger partial charge in [-0.15, -0.1) is 11.3 Å². The number of halogens is 1. The highest BCUT2D eigenvalue weighted by Crippen LogP contribution is 2.30. The van der Waals surface area contributed by atoms with Crippen molar-refractivity contribution in [2.75, 3.05) is 5.32 Å². The van der Waals surface area contributed by atoms with Gasteiger partial charge in [-0.1, -0.05) is 36.4 Å². The van der Waals surface area contributed by atoms with Crippen LogP contribution in [-0.2, 0) is 0 Å². The van der Waals surface area contributed by atoms with Gasteiger partial charge >= 0.3 is 0 Å². The van der Waals surface area contributed by atoms with Crippen molar-refractivity contribution >= 4 is 22.4 Å². The summed E-state index contributed by atoms with van der Waals surface area (Å²) in [5, 5.41) is 3.22. The van der Waals surface area contributed by atoms with Gasteiger partial charge in [-0.25, -0.2) is 9.37 Å². The highest BCUT2D eigenvalue weighted by Gasteiger charge is 2.13. The van der Waals surface area contributed by atoms with Crippen LogP contribution in [0.15, 0.2) is 54.6 Å². The van der Waals surface area contributed by atoms with Gasteiger partial charge in [0.2, 0.25) is 0 Å². The average molecular weight is 312 g/mol. The summed E-state index contributed by atoms with van der Waals surface area (Å²) in [6, 6.07) is 15.4. The molecule has 0 unspecified atom stereocenters. The molecule has 0 bridgehead atoms. The Morgan fingerprint density at radius 1 is 1.14 bits per heavy atom. The summed E-state index contributed by atoms with van der Waals surface area (Å²) in [6.45, 7) is 1.96. The van der Waals surface area contributed by atoms with E-state index >= 15 is 0 Å². The van der Waals surface area contributed by atoms with Crippen molar-refractivity contribution in [3.05, 3.63) is 70.9 Å². The maximum absolute atomic E-state index is 13.2. The van der Waals surface area contributed by atoms with Crippen molar-refractivity contribution in [2.45, 2.75) is 6.92 Å². The maximum Gasteiger partial charge on any atom is 0.257 e. The predicted octanol–water partition coefficient (Wildman–Crippen LogP) is 4.51. The molecule has 0 saturated heterocycles. The first-order chi connectivity index (χ1) is 10.6. The molecule has 0 atom stereocenters. The van der Waals surface area contributed by atoms with Crippen molar-refractivity contribution in [2.24, 2.45) is 0 Å². The first-order valence-electron chi connectivity index (χ1n) is 6.73. The normalized spacial score (nSPS) is 10.5. The van der Waals surface area contributed by atoms with Crippen LogP contribution in [0.5, 0.6) is 0 Å². The molecule has 0 spiro atoms. The molecule has 1 heterocycles. The van der Waals surface area contributed by atoms with Crippen LogP contribution in [0.1, 0.15) is 15.2 Å². The van der Waals surface area contributed by atoms with Crippen molar-refractivity contribution < 1.29 is 9.18 Å². The summed E-state index contributed by atoms with van der Waals surface area (Å²) < 4.78 is 13.2. The van der Waals surface area contributed by atoms with Gasteiger partial charge in [0, 0.05) is 16.0 Å². The third-order valence-electron chi connectivity index (χ3n) is 3.15. The molecular formula is C17H13FN2OS. The van der Waals surface area contributed by atoms with E-state index in [1.54, 1.807) is 6.07 Å². The lowest BCUT2D eigenvalue weighted by atomic mass is 10.1. The average Bonchev–Trinajstić information content (AvgIpc) is 2.88. The van der Waals surface area contributed by atoms with E-state index in [0.717, 1.165) is 16.1 Å². The zero-order valence-electron chi connectivity index (χ0n) is 11.8. The van der Waals surface area contributed by atoms with Gasteiger partial charge in [0.25, 0.3) is 5.91 Å². The minimum Gasteiger partial charge on any atom is -0.298 e. The molecule has 0 radical (unpaired) electrons. The molecule has 22 heavy (non-hydrogen) atoms. The van der Waals surface area contributed by atoms with Gasteiger partial charge in [0.15, 0.2) is 5.13 Å². The number of hydrogen-bond donors (Lipinski definition) is 1. The first-order valence-corrected chi connectivity index (χ1v) is 7.55. The largest absolute Gasteiger partial charge is 0.298 e. The number of anilines is 1. The summed E-state index contributed by atoms with van der Waals surface area (Å²) in [5.41, 5.74) is 2.12. The number of rotatable bonds is 3. The Morgan fingerprint density at radius 3 is 2.64 bits per heavy atom. The molecule has 0 aliphatic heterocycles. The molecule has 0 saturated carbocycles. The lowest BCUT2D eigenvalue weighted by Crippen LogP contribution is -2.11. The maximum atomic E-state index is 13.2. The van der Waals surface area contributed by atoms with Gasteiger partial charge in [-0.3, -0.25) is 10.1 Å². The van der Waals surface area contributed by atoms with Crippen molar-refractivity contribution in [1.29, 1.82) is 0 Å². The molecule has 1 aromatic heterocycles. The predicted molar refractivity (Wildman–Crippen MR) is 86.6 cm³/mol. The molecule has 0 aliphatic rings. The van der Waals surface area contributed by atoms with Crippen LogP contribution in [0.25, 0.3) is 11.3 Å². The van der Waals surface area contributed by atoms with Crippen LogP contribution < -0.4 is 5.32 Å². The SMILES string of the molecule is Cc1sc(NC(=O)c2cccc(F)c2)nc1-c1ccccc1. The standard InChI is InChI=1S/C17H13FN2OS/c1-11-15(12-6-3-2-4-7-12)19-17(22-11)20-16(21)13-8-5-9-14(18)10-13/h2-10H,1H3,(H,19,20,21). The molecule has 3 rings (SSSR count). The van der Waals surface area contributed by atoms with Crippen LogP contribution in [-0.4, -0.2) is 10.9 Å². The number of amides is 1. The Hall–Kier alpha value is -2.53. The molecule has 110 valence electrons. The minimum absolute atomic E-state index is 0.272. The summed E-state index contributed by atoms with van der Waals surface area (Å²) in [4.78, 5) is 17.6. The molecule has 3 aromatic rings. The van der Waals surface area contributed by atoms with Gasteiger partial charge in [0.05, 0.1) is 5.69 Å². The monoisotopic (exact) mass is 312 g/mol. The van der Waals surface area contributed by atoms with E-state index in [0.29, 0.717) is 5.13 Å². The third-order valence-corrected chi connectivity index (χ3v) is 4.04. The van der Waals surface area contributed by atoms with E-state index in [2.05, 4.69) is 10.3 Å². The molecule has 1 N–H and O–H groups in total. The number of hydrogen-bond acceptors (Lipinski definition) is 3. The van der Waals surface area contributed by atoms with Crippen LogP contribution in [0.4, 0.5) is 9.52 Å². The number of aryl methyl sites for hydroxylation is 1. The Bertz CT molecular complexity index is 815. The Kier molecular flexibility index (Phi) is 3.98. The van der Waals surface area contributed by atoms with Crippen molar-refractivity contribution in [1.82, 2.24) is 4.98 Å². The fraction of sp³-hybridized carbons (Fsp3) is 0.0588. The van der Waals surface area contributed by atoms with Gasteiger partial charge in [0.1, 0.15) is 5.82 Å². The molecule has 0 aliphatic carbocycles. The molecule has 5 heteroatoms. The lowest BCUT2D eigenvalue weighted by molar-refractivity contribution is 0.102. The van der Waals surface area contributed by atoms with Crippen LogP contribution in [0.2, 0.25) is 0 Å². The third kappa shape index (κ3) is 3.04. The first kappa shape index (κ1) is 14.4. The zero-order chi connectivity index (χ0) is 15.5. The number of nitrogens with one attached hydrogen (secondary N) is 1. The number of benzene rings is 2. The molecule has 2 aromatic carbocycles. The lowest BCUT2D eigenvalue weighted by Gasteiger charge is -2.01. The topological polar surface area (TPSA) is 42.0 Å². The van der Waals surface area contributed by atoms with Crippen LogP contribution in [0, 0.1) is 12.7 Å². The second-order valence-corrected chi connectivity index (χ2v) is 5.96. The summed E-state index contributed by atoms with van der Waals surface area (Å²) >= 11 is 1.40. The Balaban J connectivity index is 1.84. The summed E-state index contributed by atoms with van der Waals surface area (Å²) in [7, 11) is 0. The van der Waals surface area contributed by atoms with Crippen molar-refractivity contribution in [3.8, 4) is 11.3 Å². The molecular weight excluding hydrogens is 299 g/mol. The summed E-state index contributed by atoms with van der Waals surface area (Å²) in [5.74, 6) is -0.805. The number of carbonyl (C=O) groups excluding carboxylic acids is 1. The quantitative estimate of drug-likeness (QED) is 0.773.